The highest BCUT2D eigenvalue weighted by atomic mass is 32.1. The third kappa shape index (κ3) is 3.65. The molecule has 0 fully saturated rings. The van der Waals surface area contributed by atoms with Crippen molar-refractivity contribution in [1.82, 2.24) is 9.99 Å². The summed E-state index contributed by atoms with van der Waals surface area (Å²) >= 11 is 1.56. The lowest BCUT2D eigenvalue weighted by molar-refractivity contribution is -0.128. The van der Waals surface area contributed by atoms with Gasteiger partial charge in [-0.15, -0.1) is 11.3 Å². The van der Waals surface area contributed by atoms with Gasteiger partial charge in [0.1, 0.15) is 0 Å². The minimum atomic E-state index is 0.0453. The zero-order valence-electron chi connectivity index (χ0n) is 15.2. The van der Waals surface area contributed by atoms with E-state index in [9.17, 15) is 4.79 Å². The van der Waals surface area contributed by atoms with Crippen LogP contribution < -0.4 is 14.2 Å². The predicted molar refractivity (Wildman–Crippen MR) is 100 cm³/mol. The second-order valence-electron chi connectivity index (χ2n) is 5.82. The third-order valence-electron chi connectivity index (χ3n) is 4.04. The number of hydrazone groups is 1. The van der Waals surface area contributed by atoms with Crippen molar-refractivity contribution in [3.63, 3.8) is 0 Å². The molecule has 0 atom stereocenters. The zero-order chi connectivity index (χ0) is 18.7. The number of carbonyl (C=O) groups excluding carboxylic acids is 1. The normalized spacial score (nSPS) is 13.8. The Labute approximate surface area is 156 Å². The molecule has 3 rings (SSSR count). The van der Waals surface area contributed by atoms with Crippen LogP contribution in [-0.4, -0.2) is 49.5 Å². The van der Waals surface area contributed by atoms with Crippen molar-refractivity contribution in [2.45, 2.75) is 19.8 Å². The molecule has 0 spiro atoms. The molecule has 1 amide bonds. The van der Waals surface area contributed by atoms with Gasteiger partial charge in [0.15, 0.2) is 11.5 Å². The van der Waals surface area contributed by atoms with Crippen LogP contribution in [0.15, 0.2) is 22.6 Å². The van der Waals surface area contributed by atoms with Crippen molar-refractivity contribution in [1.29, 1.82) is 0 Å². The molecule has 2 heterocycles. The van der Waals surface area contributed by atoms with Crippen molar-refractivity contribution < 1.29 is 19.0 Å². The minimum Gasteiger partial charge on any atom is -0.493 e. The Kier molecular flexibility index (Phi) is 5.41. The molecular weight excluding hydrogens is 354 g/mol. The molecule has 0 radical (unpaired) electrons. The summed E-state index contributed by atoms with van der Waals surface area (Å²) in [5.74, 6) is 1.77. The summed E-state index contributed by atoms with van der Waals surface area (Å²) in [6, 6.07) is 3.75. The molecule has 0 aliphatic carbocycles. The number of hydrogen-bond acceptors (Lipinski definition) is 7. The first-order valence-corrected chi connectivity index (χ1v) is 9.03. The molecule has 7 nitrogen and oxygen atoms in total. The Morgan fingerprint density at radius 1 is 1.15 bits per heavy atom. The number of carbonyl (C=O) groups is 1. The molecular formula is C18H21N3O4S. The zero-order valence-corrected chi connectivity index (χ0v) is 16.1. The minimum absolute atomic E-state index is 0.0453. The van der Waals surface area contributed by atoms with Crippen LogP contribution in [0.3, 0.4) is 0 Å². The smallest absolute Gasteiger partial charge is 0.248 e. The fraction of sp³-hybridized carbons (Fsp3) is 0.389. The van der Waals surface area contributed by atoms with Gasteiger partial charge in [0.2, 0.25) is 11.7 Å². The monoisotopic (exact) mass is 375 g/mol. The summed E-state index contributed by atoms with van der Waals surface area (Å²) in [6.07, 6.45) is 1.08. The van der Waals surface area contributed by atoms with E-state index in [4.69, 9.17) is 14.2 Å². The molecule has 0 bridgehead atoms. The maximum atomic E-state index is 11.8. The number of benzene rings is 1. The Bertz CT molecular complexity index is 822. The highest BCUT2D eigenvalue weighted by Gasteiger charge is 2.21. The highest BCUT2D eigenvalue weighted by Crippen LogP contribution is 2.41. The lowest BCUT2D eigenvalue weighted by Crippen LogP contribution is -2.23. The fourth-order valence-corrected chi connectivity index (χ4v) is 3.57. The molecule has 0 N–H and O–H groups in total. The molecule has 0 unspecified atom stereocenters. The first kappa shape index (κ1) is 18.2. The van der Waals surface area contributed by atoms with Gasteiger partial charge < -0.3 is 14.2 Å². The molecule has 1 aliphatic heterocycles. The number of amides is 1. The first-order chi connectivity index (χ1) is 12.5. The number of aromatic nitrogens is 1. The summed E-state index contributed by atoms with van der Waals surface area (Å²) < 4.78 is 16.1. The van der Waals surface area contributed by atoms with Gasteiger partial charge in [0.05, 0.1) is 45.0 Å². The van der Waals surface area contributed by atoms with Crippen LogP contribution in [-0.2, 0) is 11.2 Å². The molecule has 26 heavy (non-hydrogen) atoms. The maximum Gasteiger partial charge on any atom is 0.248 e. The van der Waals surface area contributed by atoms with E-state index in [0.717, 1.165) is 22.0 Å². The van der Waals surface area contributed by atoms with Gasteiger partial charge >= 0.3 is 0 Å². The lowest BCUT2D eigenvalue weighted by Gasteiger charge is -2.13. The molecule has 1 aromatic heterocycles. The van der Waals surface area contributed by atoms with E-state index in [2.05, 4.69) is 10.1 Å². The van der Waals surface area contributed by atoms with Crippen LogP contribution in [0.2, 0.25) is 0 Å². The average Bonchev–Trinajstić information content (AvgIpc) is 3.24. The van der Waals surface area contributed by atoms with E-state index >= 15 is 0 Å². The first-order valence-electron chi connectivity index (χ1n) is 8.15. The topological polar surface area (TPSA) is 73.2 Å². The second kappa shape index (κ2) is 7.74. The van der Waals surface area contributed by atoms with E-state index < -0.39 is 0 Å². The number of ether oxygens (including phenoxy) is 3. The average molecular weight is 375 g/mol. The van der Waals surface area contributed by atoms with Gasteiger partial charge in [-0.2, -0.15) is 5.10 Å². The molecule has 1 aliphatic rings. The number of rotatable bonds is 7. The van der Waals surface area contributed by atoms with Crippen LogP contribution in [0.5, 0.6) is 17.2 Å². The van der Waals surface area contributed by atoms with Gasteiger partial charge in [-0.1, -0.05) is 0 Å². The second-order valence-corrected chi connectivity index (χ2v) is 6.76. The molecule has 0 saturated heterocycles. The van der Waals surface area contributed by atoms with Crippen LogP contribution >= 0.6 is 11.3 Å². The number of methoxy groups -OCH3 is 3. The largest absolute Gasteiger partial charge is 0.493 e. The Balaban J connectivity index is 1.78. The Morgan fingerprint density at radius 3 is 2.38 bits per heavy atom. The van der Waals surface area contributed by atoms with Gasteiger partial charge in [-0.3, -0.25) is 4.79 Å². The third-order valence-corrected chi connectivity index (χ3v) is 4.94. The molecule has 0 saturated carbocycles. The van der Waals surface area contributed by atoms with Crippen molar-refractivity contribution in [3.05, 3.63) is 22.5 Å². The highest BCUT2D eigenvalue weighted by molar-refractivity contribution is 7.09. The fourth-order valence-electron chi connectivity index (χ4n) is 2.77. The summed E-state index contributed by atoms with van der Waals surface area (Å²) in [4.78, 5) is 16.5. The maximum absolute atomic E-state index is 11.8. The van der Waals surface area contributed by atoms with Crippen molar-refractivity contribution in [3.8, 4) is 28.5 Å². The predicted octanol–water partition coefficient (Wildman–Crippen LogP) is 2.99. The van der Waals surface area contributed by atoms with E-state index in [-0.39, 0.29) is 5.91 Å². The molecule has 8 heteroatoms. The summed E-state index contributed by atoms with van der Waals surface area (Å²) in [6.45, 7) is 2.40. The van der Waals surface area contributed by atoms with Crippen LogP contribution in [0.1, 0.15) is 18.4 Å². The Morgan fingerprint density at radius 2 is 1.85 bits per heavy atom. The standard InChI is InChI=1S/C18H21N3O4S/c1-11-7-17(22)21(20-11)6-5-16-19-13(10-26-16)12-8-14(23-2)18(25-4)15(9-12)24-3/h8-10H,5-7H2,1-4H3. The summed E-state index contributed by atoms with van der Waals surface area (Å²) in [7, 11) is 4.75. The number of hydrogen-bond donors (Lipinski definition) is 0. The van der Waals surface area contributed by atoms with Gasteiger partial charge in [0.25, 0.3) is 0 Å². The quantitative estimate of drug-likeness (QED) is 0.744. The van der Waals surface area contributed by atoms with E-state index in [1.165, 1.54) is 5.01 Å². The lowest BCUT2D eigenvalue weighted by atomic mass is 10.1. The van der Waals surface area contributed by atoms with E-state index in [0.29, 0.717) is 36.6 Å². The summed E-state index contributed by atoms with van der Waals surface area (Å²) in [5.41, 5.74) is 2.57. The van der Waals surface area contributed by atoms with E-state index in [1.807, 2.05) is 24.4 Å². The van der Waals surface area contributed by atoms with Gasteiger partial charge in [-0.25, -0.2) is 9.99 Å². The molecule has 1 aromatic carbocycles. The summed E-state index contributed by atoms with van der Waals surface area (Å²) in [5, 5.41) is 8.70. The van der Waals surface area contributed by atoms with Crippen LogP contribution in [0, 0.1) is 0 Å². The van der Waals surface area contributed by atoms with Gasteiger partial charge in [-0.05, 0) is 19.1 Å². The van der Waals surface area contributed by atoms with Crippen LogP contribution in [0.25, 0.3) is 11.3 Å². The molecule has 2 aromatic rings. The van der Waals surface area contributed by atoms with Crippen molar-refractivity contribution in [2.24, 2.45) is 5.10 Å². The van der Waals surface area contributed by atoms with Crippen molar-refractivity contribution in [2.75, 3.05) is 27.9 Å². The van der Waals surface area contributed by atoms with Crippen LogP contribution in [0.4, 0.5) is 0 Å². The number of nitrogens with zero attached hydrogens (tertiary/aromatic N) is 3. The van der Waals surface area contributed by atoms with Gasteiger partial charge in [0, 0.05) is 23.1 Å². The van der Waals surface area contributed by atoms with E-state index in [1.54, 1.807) is 32.7 Å². The SMILES string of the molecule is COc1cc(-c2csc(CCN3N=C(C)CC3=O)n2)cc(OC)c1OC. The van der Waals surface area contributed by atoms with Crippen molar-refractivity contribution >= 4 is 23.0 Å². The Hall–Kier alpha value is -2.61. The number of thiazole rings is 1. The molecule has 138 valence electrons.